The van der Waals surface area contributed by atoms with Gasteiger partial charge >= 0.3 is 0 Å². The number of imidazole rings is 1. The fraction of sp³-hybridized carbons (Fsp3) is 0.526. The molecule has 1 fully saturated rings. The summed E-state index contributed by atoms with van der Waals surface area (Å²) in [5.74, 6) is 1.07. The Morgan fingerprint density at radius 3 is 3.00 bits per heavy atom. The molecule has 0 amide bonds. The summed E-state index contributed by atoms with van der Waals surface area (Å²) in [6.07, 6.45) is 10.6. The van der Waals surface area contributed by atoms with Crippen molar-refractivity contribution in [1.82, 2.24) is 23.8 Å². The average molecular weight is 372 g/mol. The van der Waals surface area contributed by atoms with E-state index in [2.05, 4.69) is 20.6 Å². The van der Waals surface area contributed by atoms with Crippen molar-refractivity contribution in [3.63, 3.8) is 0 Å². The topological polar surface area (TPSA) is 55.4 Å². The van der Waals surface area contributed by atoms with Gasteiger partial charge in [-0.1, -0.05) is 6.42 Å². The van der Waals surface area contributed by atoms with Crippen molar-refractivity contribution in [2.24, 2.45) is 0 Å². The van der Waals surface area contributed by atoms with Crippen molar-refractivity contribution in [2.75, 3.05) is 6.54 Å². The number of hydrogen-bond acceptors (Lipinski definition) is 5. The molecule has 1 atom stereocenters. The van der Waals surface area contributed by atoms with Gasteiger partial charge in [0.15, 0.2) is 4.96 Å². The van der Waals surface area contributed by atoms with Crippen molar-refractivity contribution < 1.29 is 0 Å². The molecular formula is C19H25N5OS. The maximum Gasteiger partial charge on any atom is 0.258 e. The smallest absolute Gasteiger partial charge is 0.258 e. The van der Waals surface area contributed by atoms with Gasteiger partial charge in [0.2, 0.25) is 0 Å². The summed E-state index contributed by atoms with van der Waals surface area (Å²) in [6.45, 7) is 6.89. The summed E-state index contributed by atoms with van der Waals surface area (Å²) in [6, 6.07) is 2.24. The summed E-state index contributed by atoms with van der Waals surface area (Å²) in [7, 11) is 0. The molecule has 0 spiro atoms. The first-order valence-electron chi connectivity index (χ1n) is 9.30. The van der Waals surface area contributed by atoms with Crippen molar-refractivity contribution >= 4 is 16.3 Å². The number of fused-ring (bicyclic) bond motifs is 1. The minimum atomic E-state index is 0.0250. The van der Waals surface area contributed by atoms with Gasteiger partial charge in [-0.3, -0.25) is 14.1 Å². The van der Waals surface area contributed by atoms with E-state index < -0.39 is 0 Å². The van der Waals surface area contributed by atoms with Crippen LogP contribution in [0.2, 0.25) is 0 Å². The molecular weight excluding hydrogens is 346 g/mol. The maximum atomic E-state index is 12.4. The molecule has 1 saturated heterocycles. The second kappa shape index (κ2) is 7.32. The summed E-state index contributed by atoms with van der Waals surface area (Å²) < 4.78 is 3.87. The third kappa shape index (κ3) is 3.59. The largest absolute Gasteiger partial charge is 0.335 e. The molecule has 0 bridgehead atoms. The molecule has 3 aromatic rings. The molecule has 0 saturated carbocycles. The predicted octanol–water partition coefficient (Wildman–Crippen LogP) is 3.01. The van der Waals surface area contributed by atoms with Crippen molar-refractivity contribution in [2.45, 2.75) is 58.7 Å². The van der Waals surface area contributed by atoms with Gasteiger partial charge in [-0.05, 0) is 39.7 Å². The highest BCUT2D eigenvalue weighted by molar-refractivity contribution is 7.16. The second-order valence-electron chi connectivity index (χ2n) is 7.16. The molecule has 1 aliphatic rings. The zero-order valence-corrected chi connectivity index (χ0v) is 16.2. The van der Waals surface area contributed by atoms with E-state index in [0.717, 1.165) is 47.4 Å². The molecule has 4 heterocycles. The van der Waals surface area contributed by atoms with E-state index in [-0.39, 0.29) is 5.56 Å². The standard InChI is InChI=1S/C19H25N5OS/c1-14-12-24-18(25)11-16(21-19(24)26-14)13-23-8-4-3-5-17(23)6-9-22-10-7-20-15(22)2/h7,10-12,17H,3-6,8-9,13H2,1-2H3/t17-/m1/s1. The quantitative estimate of drug-likeness (QED) is 0.692. The highest BCUT2D eigenvalue weighted by Gasteiger charge is 2.23. The molecule has 26 heavy (non-hydrogen) atoms. The minimum absolute atomic E-state index is 0.0250. The Balaban J connectivity index is 1.49. The third-order valence-corrected chi connectivity index (χ3v) is 6.18. The average Bonchev–Trinajstić information content (AvgIpc) is 3.19. The minimum Gasteiger partial charge on any atom is -0.335 e. The Morgan fingerprint density at radius 2 is 2.19 bits per heavy atom. The lowest BCUT2D eigenvalue weighted by molar-refractivity contribution is 0.126. The van der Waals surface area contributed by atoms with E-state index in [1.807, 2.05) is 26.2 Å². The van der Waals surface area contributed by atoms with Crippen LogP contribution in [-0.4, -0.2) is 36.4 Å². The lowest BCUT2D eigenvalue weighted by atomic mass is 9.99. The number of thiazole rings is 1. The van der Waals surface area contributed by atoms with Crippen LogP contribution in [0.15, 0.2) is 29.5 Å². The summed E-state index contributed by atoms with van der Waals surface area (Å²) in [5.41, 5.74) is 0.916. The predicted molar refractivity (Wildman–Crippen MR) is 104 cm³/mol. The maximum absolute atomic E-state index is 12.4. The molecule has 3 aromatic heterocycles. The molecule has 0 aromatic carbocycles. The molecule has 0 radical (unpaired) electrons. The van der Waals surface area contributed by atoms with Crippen LogP contribution in [0.4, 0.5) is 0 Å². The zero-order chi connectivity index (χ0) is 18.1. The molecule has 7 heteroatoms. The number of rotatable bonds is 5. The third-order valence-electron chi connectivity index (χ3n) is 5.28. The lowest BCUT2D eigenvalue weighted by Gasteiger charge is -2.35. The van der Waals surface area contributed by atoms with Crippen LogP contribution in [0.5, 0.6) is 0 Å². The number of piperidine rings is 1. The lowest BCUT2D eigenvalue weighted by Crippen LogP contribution is -2.40. The van der Waals surface area contributed by atoms with E-state index in [1.165, 1.54) is 19.3 Å². The van der Waals surface area contributed by atoms with E-state index in [1.54, 1.807) is 21.8 Å². The van der Waals surface area contributed by atoms with E-state index in [9.17, 15) is 4.79 Å². The van der Waals surface area contributed by atoms with Crippen LogP contribution in [0.1, 0.15) is 42.1 Å². The molecule has 4 rings (SSSR count). The van der Waals surface area contributed by atoms with Crippen LogP contribution in [0, 0.1) is 13.8 Å². The first kappa shape index (κ1) is 17.4. The normalized spacial score (nSPS) is 18.6. The van der Waals surface area contributed by atoms with Crippen molar-refractivity contribution in [3.05, 3.63) is 51.4 Å². The highest BCUT2D eigenvalue weighted by atomic mass is 32.1. The first-order valence-corrected chi connectivity index (χ1v) is 10.1. The SMILES string of the molecule is Cc1cn2c(=O)cc(CN3CCCC[C@@H]3CCn3ccnc3C)nc2s1. The van der Waals surface area contributed by atoms with Crippen LogP contribution in [-0.2, 0) is 13.1 Å². The Bertz CT molecular complexity index is 956. The molecule has 138 valence electrons. The fourth-order valence-electron chi connectivity index (χ4n) is 3.87. The van der Waals surface area contributed by atoms with Gasteiger partial charge in [-0.25, -0.2) is 9.97 Å². The van der Waals surface area contributed by atoms with Gasteiger partial charge in [0.25, 0.3) is 5.56 Å². The molecule has 6 nitrogen and oxygen atoms in total. The van der Waals surface area contributed by atoms with Crippen molar-refractivity contribution in [1.29, 1.82) is 0 Å². The Morgan fingerprint density at radius 1 is 1.31 bits per heavy atom. The Hall–Kier alpha value is -1.99. The van der Waals surface area contributed by atoms with Gasteiger partial charge in [0.05, 0.1) is 5.69 Å². The molecule has 1 aliphatic heterocycles. The summed E-state index contributed by atoms with van der Waals surface area (Å²) >= 11 is 1.58. The van der Waals surface area contributed by atoms with Crippen LogP contribution in [0.3, 0.4) is 0 Å². The monoisotopic (exact) mass is 371 g/mol. The molecule has 0 aliphatic carbocycles. The van der Waals surface area contributed by atoms with Crippen LogP contribution in [0.25, 0.3) is 4.96 Å². The Kier molecular flexibility index (Phi) is 4.91. The van der Waals surface area contributed by atoms with E-state index in [4.69, 9.17) is 4.98 Å². The molecule has 0 N–H and O–H groups in total. The van der Waals surface area contributed by atoms with E-state index in [0.29, 0.717) is 6.04 Å². The van der Waals surface area contributed by atoms with Gasteiger partial charge in [-0.2, -0.15) is 0 Å². The zero-order valence-electron chi connectivity index (χ0n) is 15.4. The number of hydrogen-bond donors (Lipinski definition) is 0. The second-order valence-corrected chi connectivity index (χ2v) is 8.37. The Labute approximate surface area is 157 Å². The van der Waals surface area contributed by atoms with E-state index >= 15 is 0 Å². The number of nitrogens with zero attached hydrogens (tertiary/aromatic N) is 5. The highest BCUT2D eigenvalue weighted by Crippen LogP contribution is 2.23. The number of aromatic nitrogens is 4. The van der Waals surface area contributed by atoms with Crippen LogP contribution < -0.4 is 5.56 Å². The van der Waals surface area contributed by atoms with Gasteiger partial charge in [0, 0.05) is 48.7 Å². The first-order chi connectivity index (χ1) is 12.6. The van der Waals surface area contributed by atoms with Gasteiger partial charge < -0.3 is 4.57 Å². The fourth-order valence-corrected chi connectivity index (χ4v) is 4.72. The van der Waals surface area contributed by atoms with Crippen LogP contribution >= 0.6 is 11.3 Å². The van der Waals surface area contributed by atoms with Crippen molar-refractivity contribution in [3.8, 4) is 0 Å². The summed E-state index contributed by atoms with van der Waals surface area (Å²) in [5, 5.41) is 0. The number of likely N-dealkylation sites (tertiary alicyclic amines) is 1. The summed E-state index contributed by atoms with van der Waals surface area (Å²) in [4.78, 5) is 25.8. The van der Waals surface area contributed by atoms with Gasteiger partial charge in [0.1, 0.15) is 5.82 Å². The van der Waals surface area contributed by atoms with Gasteiger partial charge in [-0.15, -0.1) is 11.3 Å². The molecule has 0 unspecified atom stereocenters. The number of aryl methyl sites for hydroxylation is 3.